The van der Waals surface area contributed by atoms with Gasteiger partial charge >= 0.3 is 0 Å². The van der Waals surface area contributed by atoms with E-state index in [0.29, 0.717) is 40.1 Å². The fraction of sp³-hybridized carbons (Fsp3) is 0.478. The number of amides is 1. The molecule has 0 fully saturated rings. The summed E-state index contributed by atoms with van der Waals surface area (Å²) in [4.78, 5) is 29.3. The van der Waals surface area contributed by atoms with Crippen molar-refractivity contribution in [2.75, 3.05) is 45.3 Å². The molecule has 1 amide bonds. The summed E-state index contributed by atoms with van der Waals surface area (Å²) < 4.78 is 31.0. The Morgan fingerprint density at radius 1 is 1.22 bits per heavy atom. The van der Waals surface area contributed by atoms with Gasteiger partial charge in [0, 0.05) is 19.3 Å². The fourth-order valence-corrected chi connectivity index (χ4v) is 5.02. The van der Waals surface area contributed by atoms with E-state index in [1.54, 1.807) is 12.3 Å². The highest BCUT2D eigenvalue weighted by molar-refractivity contribution is 7.88. The number of aryl methyl sites for hydroxylation is 1. The van der Waals surface area contributed by atoms with Crippen molar-refractivity contribution < 1.29 is 17.9 Å². The Labute approximate surface area is 215 Å². The maximum absolute atomic E-state index is 12.8. The lowest BCUT2D eigenvalue weighted by Crippen LogP contribution is -2.27. The molecule has 13 heteroatoms. The van der Waals surface area contributed by atoms with Crippen LogP contribution in [0.3, 0.4) is 0 Å². The number of ether oxygens (including phenoxy) is 1. The fourth-order valence-electron chi connectivity index (χ4n) is 3.46. The van der Waals surface area contributed by atoms with E-state index in [-0.39, 0.29) is 18.6 Å². The number of carbonyl (C=O) groups excluding carboxylic acids is 1. The van der Waals surface area contributed by atoms with Crippen molar-refractivity contribution in [1.82, 2.24) is 29.9 Å². The predicted octanol–water partition coefficient (Wildman–Crippen LogP) is 2.53. The van der Waals surface area contributed by atoms with Crippen molar-refractivity contribution in [2.24, 2.45) is 0 Å². The summed E-state index contributed by atoms with van der Waals surface area (Å²) in [5.74, 6) is 0.787. The van der Waals surface area contributed by atoms with Gasteiger partial charge in [-0.25, -0.2) is 28.1 Å². The average molecular weight is 536 g/mol. The minimum absolute atomic E-state index is 0.123. The SMILES string of the molecule is Cc1c(C(=O)NCCCN(C)C)sc2ncnc(Nc3cccnc3OC(C)CCNS(C)(=O)=O)c12. The first-order valence-electron chi connectivity index (χ1n) is 11.6. The molecule has 0 bridgehead atoms. The number of nitrogens with zero attached hydrogens (tertiary/aromatic N) is 4. The van der Waals surface area contributed by atoms with E-state index in [1.165, 1.54) is 17.7 Å². The predicted molar refractivity (Wildman–Crippen MR) is 143 cm³/mol. The Hall–Kier alpha value is -2.87. The van der Waals surface area contributed by atoms with Crippen LogP contribution in [0.15, 0.2) is 24.7 Å². The molecule has 3 aromatic heterocycles. The summed E-state index contributed by atoms with van der Waals surface area (Å²) in [5, 5.41) is 7.03. The number of aromatic nitrogens is 3. The normalized spacial score (nSPS) is 12.6. The third kappa shape index (κ3) is 7.82. The van der Waals surface area contributed by atoms with Crippen LogP contribution < -0.4 is 20.1 Å². The minimum atomic E-state index is -3.26. The van der Waals surface area contributed by atoms with Crippen LogP contribution in [0.4, 0.5) is 11.5 Å². The van der Waals surface area contributed by atoms with Gasteiger partial charge in [-0.2, -0.15) is 0 Å². The number of fused-ring (bicyclic) bond motifs is 1. The van der Waals surface area contributed by atoms with Gasteiger partial charge in [-0.15, -0.1) is 11.3 Å². The Balaban J connectivity index is 1.76. The number of anilines is 2. The van der Waals surface area contributed by atoms with E-state index in [0.717, 1.165) is 30.2 Å². The molecule has 0 aliphatic heterocycles. The van der Waals surface area contributed by atoms with Crippen LogP contribution in [0.1, 0.15) is 35.0 Å². The van der Waals surface area contributed by atoms with Crippen molar-refractivity contribution in [1.29, 1.82) is 0 Å². The topological polar surface area (TPSA) is 138 Å². The molecule has 0 radical (unpaired) electrons. The van der Waals surface area contributed by atoms with Gasteiger partial charge < -0.3 is 20.3 Å². The average Bonchev–Trinajstić information content (AvgIpc) is 3.14. The number of hydrogen-bond acceptors (Lipinski definition) is 10. The minimum Gasteiger partial charge on any atom is -0.473 e. The first-order chi connectivity index (χ1) is 17.0. The molecular formula is C23H33N7O4S2. The second kappa shape index (κ2) is 12.4. The van der Waals surface area contributed by atoms with E-state index >= 15 is 0 Å². The highest BCUT2D eigenvalue weighted by atomic mass is 32.2. The number of hydrogen-bond donors (Lipinski definition) is 3. The quantitative estimate of drug-likeness (QED) is 0.282. The lowest BCUT2D eigenvalue weighted by Gasteiger charge is -2.17. The molecule has 3 rings (SSSR count). The van der Waals surface area contributed by atoms with Crippen molar-refractivity contribution in [2.45, 2.75) is 32.8 Å². The van der Waals surface area contributed by atoms with E-state index in [1.807, 2.05) is 34.0 Å². The van der Waals surface area contributed by atoms with Crippen LogP contribution in [0.25, 0.3) is 10.2 Å². The molecule has 0 saturated carbocycles. The van der Waals surface area contributed by atoms with Gasteiger partial charge in [0.05, 0.1) is 22.6 Å². The number of sulfonamides is 1. The molecule has 1 atom stereocenters. The van der Waals surface area contributed by atoms with E-state index in [9.17, 15) is 13.2 Å². The van der Waals surface area contributed by atoms with Crippen LogP contribution in [-0.4, -0.2) is 80.3 Å². The molecule has 36 heavy (non-hydrogen) atoms. The summed E-state index contributed by atoms with van der Waals surface area (Å²) in [6.07, 6.45) is 5.24. The Morgan fingerprint density at radius 2 is 2.00 bits per heavy atom. The molecule has 3 aromatic rings. The standard InChI is InChI=1S/C23H33N7O4S2/c1-15(9-12-28-36(5,32)33)34-22-17(8-6-10-25-22)29-20-18-16(2)19(35-23(18)27-14-26-20)21(31)24-11-7-13-30(3)4/h6,8,10,14-15,28H,7,9,11-13H2,1-5H3,(H,24,31)(H,26,27,29). The smallest absolute Gasteiger partial charge is 0.261 e. The summed E-state index contributed by atoms with van der Waals surface area (Å²) in [6.45, 7) is 5.48. The van der Waals surface area contributed by atoms with Crippen LogP contribution in [-0.2, 0) is 10.0 Å². The molecule has 0 aromatic carbocycles. The van der Waals surface area contributed by atoms with Gasteiger partial charge in [0.25, 0.3) is 5.91 Å². The first-order valence-corrected chi connectivity index (χ1v) is 14.3. The number of thiophene rings is 1. The van der Waals surface area contributed by atoms with Gasteiger partial charge in [-0.05, 0) is 65.0 Å². The molecule has 196 valence electrons. The second-order valence-electron chi connectivity index (χ2n) is 8.74. The maximum Gasteiger partial charge on any atom is 0.261 e. The molecule has 0 aliphatic rings. The summed E-state index contributed by atoms with van der Waals surface area (Å²) in [6, 6.07) is 3.59. The van der Waals surface area contributed by atoms with Gasteiger partial charge in [0.1, 0.15) is 22.7 Å². The van der Waals surface area contributed by atoms with Crippen LogP contribution in [0.5, 0.6) is 5.88 Å². The number of pyridine rings is 1. The van der Waals surface area contributed by atoms with E-state index in [4.69, 9.17) is 4.74 Å². The van der Waals surface area contributed by atoms with E-state index in [2.05, 4.69) is 35.2 Å². The number of rotatable bonds is 13. The van der Waals surface area contributed by atoms with Crippen molar-refractivity contribution >= 4 is 49.0 Å². The molecule has 0 aliphatic carbocycles. The molecule has 0 saturated heterocycles. The Bertz CT molecular complexity index is 1290. The third-order valence-corrected chi connectivity index (χ3v) is 7.18. The molecular weight excluding hydrogens is 502 g/mol. The molecule has 3 N–H and O–H groups in total. The molecule has 0 spiro atoms. The Morgan fingerprint density at radius 3 is 2.72 bits per heavy atom. The zero-order chi connectivity index (χ0) is 26.3. The van der Waals surface area contributed by atoms with Gasteiger partial charge in [0.15, 0.2) is 0 Å². The van der Waals surface area contributed by atoms with Crippen molar-refractivity contribution in [3.8, 4) is 5.88 Å². The summed E-state index contributed by atoms with van der Waals surface area (Å²) in [5.41, 5.74) is 1.40. The van der Waals surface area contributed by atoms with Crippen molar-refractivity contribution in [3.63, 3.8) is 0 Å². The monoisotopic (exact) mass is 535 g/mol. The molecule has 11 nitrogen and oxygen atoms in total. The first kappa shape index (κ1) is 27.7. The van der Waals surface area contributed by atoms with E-state index < -0.39 is 10.0 Å². The second-order valence-corrected chi connectivity index (χ2v) is 11.6. The van der Waals surface area contributed by atoms with Crippen LogP contribution in [0, 0.1) is 6.92 Å². The number of carbonyl (C=O) groups is 1. The van der Waals surface area contributed by atoms with Gasteiger partial charge in [-0.1, -0.05) is 0 Å². The van der Waals surface area contributed by atoms with Gasteiger partial charge in [-0.3, -0.25) is 4.79 Å². The van der Waals surface area contributed by atoms with Crippen LogP contribution in [0.2, 0.25) is 0 Å². The Kier molecular flexibility index (Phi) is 9.54. The lowest BCUT2D eigenvalue weighted by molar-refractivity contribution is 0.0956. The molecule has 1 unspecified atom stereocenters. The van der Waals surface area contributed by atoms with Crippen LogP contribution >= 0.6 is 11.3 Å². The summed E-state index contributed by atoms with van der Waals surface area (Å²) >= 11 is 1.33. The highest BCUT2D eigenvalue weighted by Gasteiger charge is 2.20. The third-order valence-electron chi connectivity index (χ3n) is 5.25. The zero-order valence-corrected chi connectivity index (χ0v) is 22.8. The summed E-state index contributed by atoms with van der Waals surface area (Å²) in [7, 11) is 0.744. The maximum atomic E-state index is 12.8. The zero-order valence-electron chi connectivity index (χ0n) is 21.2. The molecule has 3 heterocycles. The van der Waals surface area contributed by atoms with Gasteiger partial charge in [0.2, 0.25) is 15.9 Å². The van der Waals surface area contributed by atoms with Crippen molar-refractivity contribution in [3.05, 3.63) is 35.1 Å². The largest absolute Gasteiger partial charge is 0.473 e. The lowest BCUT2D eigenvalue weighted by atomic mass is 10.2. The highest BCUT2D eigenvalue weighted by Crippen LogP contribution is 2.35. The number of nitrogens with one attached hydrogen (secondary N) is 3.